The lowest BCUT2D eigenvalue weighted by Crippen LogP contribution is -2.26. The average molecular weight is 424 g/mol. The Bertz CT molecular complexity index is 1150. The molecule has 1 saturated carbocycles. The molecular formula is C18H13Cl2F2N5O. The summed E-state index contributed by atoms with van der Waals surface area (Å²) in [6.45, 7) is 3.19. The van der Waals surface area contributed by atoms with E-state index >= 15 is 0 Å². The van der Waals surface area contributed by atoms with E-state index in [4.69, 9.17) is 23.2 Å². The van der Waals surface area contributed by atoms with Gasteiger partial charge < -0.3 is 0 Å². The third-order valence-electron chi connectivity index (χ3n) is 4.69. The van der Waals surface area contributed by atoms with Crippen LogP contribution in [0.2, 0.25) is 10.2 Å². The summed E-state index contributed by atoms with van der Waals surface area (Å²) in [4.78, 5) is 29.1. The van der Waals surface area contributed by atoms with Gasteiger partial charge in [-0.05, 0) is 25.8 Å². The molecule has 2 atom stereocenters. The number of nitrogens with zero attached hydrogens (tertiary/aromatic N) is 5. The van der Waals surface area contributed by atoms with Gasteiger partial charge in [0.15, 0.2) is 16.8 Å². The molecule has 0 spiro atoms. The van der Waals surface area contributed by atoms with Crippen molar-refractivity contribution in [3.8, 4) is 5.69 Å². The Balaban J connectivity index is 1.78. The SMILES string of the molecule is Cc1cnc(Cl)c(F)c1-n1c(C)nc([C@H]2C[C@@H]2c2ncc(F)cn2)c(Cl)c1=O. The Kier molecular flexibility index (Phi) is 4.63. The van der Waals surface area contributed by atoms with Crippen LogP contribution in [0.15, 0.2) is 23.4 Å². The maximum atomic E-state index is 14.6. The fourth-order valence-electron chi connectivity index (χ4n) is 3.25. The zero-order chi connectivity index (χ0) is 20.2. The van der Waals surface area contributed by atoms with Crippen molar-refractivity contribution in [1.29, 1.82) is 0 Å². The predicted molar refractivity (Wildman–Crippen MR) is 99.2 cm³/mol. The molecule has 0 aliphatic heterocycles. The lowest BCUT2D eigenvalue weighted by Gasteiger charge is -2.15. The molecule has 28 heavy (non-hydrogen) atoms. The second-order valence-electron chi connectivity index (χ2n) is 6.60. The average Bonchev–Trinajstić information content (AvgIpc) is 3.45. The Morgan fingerprint density at radius 3 is 2.43 bits per heavy atom. The topological polar surface area (TPSA) is 73.6 Å². The lowest BCUT2D eigenvalue weighted by molar-refractivity contribution is 0.603. The second kappa shape index (κ2) is 6.86. The maximum absolute atomic E-state index is 14.6. The van der Waals surface area contributed by atoms with Gasteiger partial charge in [0.25, 0.3) is 5.56 Å². The number of aryl methyl sites for hydroxylation is 2. The minimum Gasteiger partial charge on any atom is -0.267 e. The van der Waals surface area contributed by atoms with Gasteiger partial charge in [0.1, 0.15) is 16.7 Å². The van der Waals surface area contributed by atoms with Crippen molar-refractivity contribution in [1.82, 2.24) is 24.5 Å². The van der Waals surface area contributed by atoms with Crippen LogP contribution in [0, 0.1) is 25.5 Å². The van der Waals surface area contributed by atoms with Crippen molar-refractivity contribution in [3.63, 3.8) is 0 Å². The van der Waals surface area contributed by atoms with E-state index in [-0.39, 0.29) is 33.5 Å². The van der Waals surface area contributed by atoms with Gasteiger partial charge in [-0.15, -0.1) is 0 Å². The number of hydrogen-bond acceptors (Lipinski definition) is 5. The van der Waals surface area contributed by atoms with E-state index in [0.717, 1.165) is 17.0 Å². The van der Waals surface area contributed by atoms with E-state index < -0.39 is 17.2 Å². The lowest BCUT2D eigenvalue weighted by atomic mass is 10.2. The molecular weight excluding hydrogens is 411 g/mol. The number of halogens is 4. The van der Waals surface area contributed by atoms with Crippen molar-refractivity contribution in [2.24, 2.45) is 0 Å². The zero-order valence-electron chi connectivity index (χ0n) is 14.8. The van der Waals surface area contributed by atoms with Gasteiger partial charge in [-0.25, -0.2) is 28.7 Å². The van der Waals surface area contributed by atoms with Crippen molar-refractivity contribution in [2.75, 3.05) is 0 Å². The maximum Gasteiger partial charge on any atom is 0.277 e. The number of rotatable bonds is 3. The van der Waals surface area contributed by atoms with Crippen LogP contribution in [0.3, 0.4) is 0 Å². The number of hydrogen-bond donors (Lipinski definition) is 0. The molecule has 1 aliphatic rings. The highest BCUT2D eigenvalue weighted by Gasteiger charge is 2.45. The molecule has 3 aromatic heterocycles. The first kappa shape index (κ1) is 18.9. The minimum absolute atomic E-state index is 0.0299. The molecule has 0 radical (unpaired) electrons. The summed E-state index contributed by atoms with van der Waals surface area (Å²) in [6, 6.07) is 0. The van der Waals surface area contributed by atoms with Crippen LogP contribution in [0.4, 0.5) is 8.78 Å². The van der Waals surface area contributed by atoms with E-state index in [1.807, 2.05) is 0 Å². The summed E-state index contributed by atoms with van der Waals surface area (Å²) in [5.41, 5.74) is 0.190. The predicted octanol–water partition coefficient (Wildman–Crippen LogP) is 3.89. The fourth-order valence-corrected chi connectivity index (χ4v) is 3.66. The fraction of sp³-hybridized carbons (Fsp3) is 0.278. The number of aromatic nitrogens is 5. The summed E-state index contributed by atoms with van der Waals surface area (Å²) in [6.07, 6.45) is 4.19. The highest BCUT2D eigenvalue weighted by Crippen LogP contribution is 2.54. The molecule has 3 heterocycles. The second-order valence-corrected chi connectivity index (χ2v) is 7.34. The van der Waals surface area contributed by atoms with Crippen LogP contribution in [0.1, 0.15) is 41.2 Å². The molecule has 0 bridgehead atoms. The third-order valence-corrected chi connectivity index (χ3v) is 5.31. The normalized spacial score (nSPS) is 18.4. The largest absolute Gasteiger partial charge is 0.277 e. The first-order valence-corrected chi connectivity index (χ1v) is 9.12. The minimum atomic E-state index is -0.818. The van der Waals surface area contributed by atoms with Gasteiger partial charge in [-0.2, -0.15) is 0 Å². The van der Waals surface area contributed by atoms with Gasteiger partial charge in [0.05, 0.1) is 23.8 Å². The third kappa shape index (κ3) is 3.06. The van der Waals surface area contributed by atoms with Gasteiger partial charge in [-0.1, -0.05) is 23.2 Å². The van der Waals surface area contributed by atoms with Crippen molar-refractivity contribution in [3.05, 3.63) is 73.7 Å². The van der Waals surface area contributed by atoms with E-state index in [2.05, 4.69) is 19.9 Å². The molecule has 6 nitrogen and oxygen atoms in total. The van der Waals surface area contributed by atoms with Crippen molar-refractivity contribution < 1.29 is 8.78 Å². The van der Waals surface area contributed by atoms with Crippen LogP contribution in [0.5, 0.6) is 0 Å². The molecule has 0 N–H and O–H groups in total. The molecule has 0 unspecified atom stereocenters. The van der Waals surface area contributed by atoms with Crippen LogP contribution < -0.4 is 5.56 Å². The summed E-state index contributed by atoms with van der Waals surface area (Å²) < 4.78 is 28.7. The molecule has 0 aromatic carbocycles. The molecule has 10 heteroatoms. The first-order valence-electron chi connectivity index (χ1n) is 8.37. The zero-order valence-corrected chi connectivity index (χ0v) is 16.3. The molecule has 144 valence electrons. The molecule has 1 fully saturated rings. The van der Waals surface area contributed by atoms with Crippen molar-refractivity contribution in [2.45, 2.75) is 32.1 Å². The summed E-state index contributed by atoms with van der Waals surface area (Å²) in [5, 5.41) is -0.449. The van der Waals surface area contributed by atoms with Crippen LogP contribution in [0.25, 0.3) is 5.69 Å². The standard InChI is InChI=1S/C18H13Cl2F2N5O/c1-7-4-23-16(20)13(22)15(7)27-8(2)26-14(12(19)18(27)28)10-3-11(10)17-24-5-9(21)6-25-17/h4-6,10-11H,3H2,1-2H3/t10-,11-/m0/s1. The highest BCUT2D eigenvalue weighted by molar-refractivity contribution is 6.31. The summed E-state index contributed by atoms with van der Waals surface area (Å²) in [5.74, 6) is -0.876. The smallest absolute Gasteiger partial charge is 0.267 e. The van der Waals surface area contributed by atoms with Crippen LogP contribution >= 0.6 is 23.2 Å². The molecule has 0 amide bonds. The van der Waals surface area contributed by atoms with Crippen molar-refractivity contribution >= 4 is 23.2 Å². The van der Waals surface area contributed by atoms with E-state index in [1.54, 1.807) is 13.8 Å². The molecule has 1 aliphatic carbocycles. The van der Waals surface area contributed by atoms with E-state index in [9.17, 15) is 13.6 Å². The summed E-state index contributed by atoms with van der Waals surface area (Å²) in [7, 11) is 0. The first-order chi connectivity index (χ1) is 13.3. The van der Waals surface area contributed by atoms with Gasteiger partial charge in [0.2, 0.25) is 0 Å². The Morgan fingerprint density at radius 2 is 1.75 bits per heavy atom. The molecule has 0 saturated heterocycles. The number of pyridine rings is 1. The summed E-state index contributed by atoms with van der Waals surface area (Å²) >= 11 is 12.1. The van der Waals surface area contributed by atoms with Gasteiger partial charge in [0, 0.05) is 18.0 Å². The Labute approximate surface area is 168 Å². The van der Waals surface area contributed by atoms with E-state index in [0.29, 0.717) is 23.5 Å². The molecule has 3 aromatic rings. The van der Waals surface area contributed by atoms with Crippen LogP contribution in [-0.4, -0.2) is 24.5 Å². The monoisotopic (exact) mass is 423 g/mol. The van der Waals surface area contributed by atoms with Crippen LogP contribution in [-0.2, 0) is 0 Å². The van der Waals surface area contributed by atoms with Gasteiger partial charge >= 0.3 is 0 Å². The Hall–Kier alpha value is -2.45. The quantitative estimate of drug-likeness (QED) is 0.597. The van der Waals surface area contributed by atoms with Gasteiger partial charge in [-0.3, -0.25) is 9.36 Å². The Morgan fingerprint density at radius 1 is 1.07 bits per heavy atom. The highest BCUT2D eigenvalue weighted by atomic mass is 35.5. The molecule has 4 rings (SSSR count). The van der Waals surface area contributed by atoms with E-state index in [1.165, 1.54) is 6.20 Å².